The Bertz CT molecular complexity index is 1170. The largest absolute Gasteiger partial charge is 0.333 e. The Balaban J connectivity index is 2.21. The molecule has 3 rings (SSSR count). The predicted molar refractivity (Wildman–Crippen MR) is 135 cm³/mol. The van der Waals surface area contributed by atoms with E-state index in [2.05, 4.69) is 26.1 Å². The SMILES string of the molecule is CCc1ccc(-n2c(C(C)N(CC(C)C)C(=O)NC(C)(C)C)nc3ccccc3c2=O)cc1. The van der Waals surface area contributed by atoms with Crippen LogP contribution in [0, 0.1) is 5.92 Å². The van der Waals surface area contributed by atoms with Crippen LogP contribution in [0.1, 0.15) is 65.9 Å². The summed E-state index contributed by atoms with van der Waals surface area (Å²) < 4.78 is 1.66. The molecule has 6 nitrogen and oxygen atoms in total. The standard InChI is InChI=1S/C27H36N4O2/c1-8-20-13-15-21(16-14-20)31-24(28-23-12-10-9-11-22(23)25(31)32)19(4)30(17-18(2)3)26(33)29-27(5,6)7/h9-16,18-19H,8,17H2,1-7H3,(H,29,33). The van der Waals surface area contributed by atoms with Crippen LogP contribution in [0.3, 0.4) is 0 Å². The molecule has 2 amide bonds. The normalized spacial score (nSPS) is 12.7. The Morgan fingerprint density at radius 3 is 2.27 bits per heavy atom. The first-order chi connectivity index (χ1) is 15.5. The smallest absolute Gasteiger partial charge is 0.318 e. The molecule has 1 N–H and O–H groups in total. The number of rotatable bonds is 6. The zero-order valence-electron chi connectivity index (χ0n) is 20.8. The summed E-state index contributed by atoms with van der Waals surface area (Å²) in [6.45, 7) is 14.6. The minimum atomic E-state index is -0.419. The number of nitrogens with one attached hydrogen (secondary N) is 1. The third kappa shape index (κ3) is 5.62. The number of nitrogens with zero attached hydrogens (tertiary/aromatic N) is 3. The van der Waals surface area contributed by atoms with Crippen molar-refractivity contribution in [1.29, 1.82) is 0 Å². The number of aryl methyl sites for hydroxylation is 1. The summed E-state index contributed by atoms with van der Waals surface area (Å²) in [5.41, 5.74) is 2.07. The molecular formula is C27H36N4O2. The van der Waals surface area contributed by atoms with Crippen molar-refractivity contribution in [3.63, 3.8) is 0 Å². The summed E-state index contributed by atoms with van der Waals surface area (Å²) in [6, 6.07) is 14.8. The topological polar surface area (TPSA) is 67.2 Å². The first-order valence-corrected chi connectivity index (χ1v) is 11.7. The van der Waals surface area contributed by atoms with Crippen molar-refractivity contribution in [3.05, 3.63) is 70.3 Å². The van der Waals surface area contributed by atoms with Crippen LogP contribution in [-0.2, 0) is 6.42 Å². The number of hydrogen-bond acceptors (Lipinski definition) is 3. The molecule has 1 aromatic heterocycles. The van der Waals surface area contributed by atoms with Crippen molar-refractivity contribution in [2.75, 3.05) is 6.54 Å². The molecule has 1 heterocycles. The van der Waals surface area contributed by atoms with Crippen LogP contribution in [0.4, 0.5) is 4.79 Å². The van der Waals surface area contributed by atoms with E-state index in [0.29, 0.717) is 23.3 Å². The number of benzene rings is 2. The summed E-state index contributed by atoms with van der Waals surface area (Å²) in [7, 11) is 0. The third-order valence-electron chi connectivity index (χ3n) is 5.55. The molecule has 0 aliphatic heterocycles. The second-order valence-electron chi connectivity index (χ2n) is 10.1. The van der Waals surface area contributed by atoms with E-state index in [4.69, 9.17) is 4.98 Å². The summed E-state index contributed by atoms with van der Waals surface area (Å²) >= 11 is 0. The molecule has 3 aromatic rings. The highest BCUT2D eigenvalue weighted by atomic mass is 16.2. The third-order valence-corrected chi connectivity index (χ3v) is 5.55. The van der Waals surface area contributed by atoms with Crippen LogP contribution in [0.15, 0.2) is 53.3 Å². The van der Waals surface area contributed by atoms with Gasteiger partial charge in [-0.15, -0.1) is 0 Å². The van der Waals surface area contributed by atoms with E-state index in [1.54, 1.807) is 15.5 Å². The maximum absolute atomic E-state index is 13.7. The molecule has 0 aliphatic carbocycles. The van der Waals surface area contributed by atoms with E-state index in [0.717, 1.165) is 12.1 Å². The molecule has 33 heavy (non-hydrogen) atoms. The Morgan fingerprint density at radius 1 is 1.06 bits per heavy atom. The Morgan fingerprint density at radius 2 is 1.70 bits per heavy atom. The second-order valence-corrected chi connectivity index (χ2v) is 10.1. The highest BCUT2D eigenvalue weighted by molar-refractivity contribution is 5.78. The maximum Gasteiger partial charge on any atom is 0.318 e. The fraction of sp³-hybridized carbons (Fsp3) is 0.444. The number of amides is 2. The van der Waals surface area contributed by atoms with Gasteiger partial charge in [0.15, 0.2) is 0 Å². The quantitative estimate of drug-likeness (QED) is 0.543. The van der Waals surface area contributed by atoms with Crippen molar-refractivity contribution in [2.45, 2.75) is 66.5 Å². The van der Waals surface area contributed by atoms with Crippen LogP contribution in [0.5, 0.6) is 0 Å². The van der Waals surface area contributed by atoms with Crippen molar-refractivity contribution in [3.8, 4) is 5.69 Å². The van der Waals surface area contributed by atoms with Crippen molar-refractivity contribution >= 4 is 16.9 Å². The molecule has 0 aliphatic rings. The van der Waals surface area contributed by atoms with Crippen LogP contribution < -0.4 is 10.9 Å². The molecule has 0 radical (unpaired) electrons. The number of para-hydroxylation sites is 1. The zero-order chi connectivity index (χ0) is 24.3. The van der Waals surface area contributed by atoms with Gasteiger partial charge in [-0.05, 0) is 69.9 Å². The zero-order valence-corrected chi connectivity index (χ0v) is 20.8. The van der Waals surface area contributed by atoms with E-state index in [-0.39, 0.29) is 23.0 Å². The van der Waals surface area contributed by atoms with Gasteiger partial charge in [-0.2, -0.15) is 0 Å². The van der Waals surface area contributed by atoms with E-state index in [1.807, 2.05) is 70.2 Å². The van der Waals surface area contributed by atoms with Gasteiger partial charge in [0.05, 0.1) is 22.6 Å². The molecule has 1 atom stereocenters. The minimum absolute atomic E-state index is 0.132. The fourth-order valence-electron chi connectivity index (χ4n) is 3.90. The summed E-state index contributed by atoms with van der Waals surface area (Å²) in [4.78, 5) is 33.6. The number of carbonyl (C=O) groups is 1. The average molecular weight is 449 g/mol. The average Bonchev–Trinajstić information content (AvgIpc) is 2.76. The van der Waals surface area contributed by atoms with Crippen LogP contribution >= 0.6 is 0 Å². The molecule has 6 heteroatoms. The molecule has 176 valence electrons. The lowest BCUT2D eigenvalue weighted by molar-refractivity contribution is 0.158. The van der Waals surface area contributed by atoms with Gasteiger partial charge >= 0.3 is 6.03 Å². The molecule has 0 spiro atoms. The lowest BCUT2D eigenvalue weighted by atomic mass is 10.1. The van der Waals surface area contributed by atoms with Crippen LogP contribution in [0.25, 0.3) is 16.6 Å². The van der Waals surface area contributed by atoms with E-state index in [1.165, 1.54) is 5.56 Å². The van der Waals surface area contributed by atoms with Gasteiger partial charge in [0.1, 0.15) is 5.82 Å². The van der Waals surface area contributed by atoms with Gasteiger partial charge in [-0.25, -0.2) is 9.78 Å². The summed E-state index contributed by atoms with van der Waals surface area (Å²) in [6.07, 6.45) is 0.920. The van der Waals surface area contributed by atoms with E-state index in [9.17, 15) is 9.59 Å². The molecule has 2 aromatic carbocycles. The highest BCUT2D eigenvalue weighted by Gasteiger charge is 2.29. The molecule has 0 fully saturated rings. The maximum atomic E-state index is 13.7. The first-order valence-electron chi connectivity index (χ1n) is 11.7. The monoisotopic (exact) mass is 448 g/mol. The van der Waals surface area contributed by atoms with Gasteiger partial charge in [0.25, 0.3) is 5.56 Å². The molecule has 0 saturated heterocycles. The van der Waals surface area contributed by atoms with Crippen LogP contribution in [-0.4, -0.2) is 32.6 Å². The Hall–Kier alpha value is -3.15. The molecular weight excluding hydrogens is 412 g/mol. The van der Waals surface area contributed by atoms with E-state index >= 15 is 0 Å². The first kappa shape index (κ1) is 24.5. The van der Waals surface area contributed by atoms with E-state index < -0.39 is 6.04 Å². The van der Waals surface area contributed by atoms with Crippen molar-refractivity contribution in [1.82, 2.24) is 19.8 Å². The number of carbonyl (C=O) groups excluding carboxylic acids is 1. The van der Waals surface area contributed by atoms with Gasteiger partial charge < -0.3 is 10.2 Å². The van der Waals surface area contributed by atoms with Crippen molar-refractivity contribution in [2.24, 2.45) is 5.92 Å². The van der Waals surface area contributed by atoms with Gasteiger partial charge in [-0.1, -0.05) is 45.0 Å². The van der Waals surface area contributed by atoms with Gasteiger partial charge in [0.2, 0.25) is 0 Å². The number of fused-ring (bicyclic) bond motifs is 1. The number of hydrogen-bond donors (Lipinski definition) is 1. The number of aromatic nitrogens is 2. The fourth-order valence-corrected chi connectivity index (χ4v) is 3.90. The lowest BCUT2D eigenvalue weighted by Gasteiger charge is -2.34. The lowest BCUT2D eigenvalue weighted by Crippen LogP contribution is -2.50. The molecule has 1 unspecified atom stereocenters. The summed E-state index contributed by atoms with van der Waals surface area (Å²) in [5, 5.41) is 3.63. The van der Waals surface area contributed by atoms with Gasteiger partial charge in [0, 0.05) is 12.1 Å². The minimum Gasteiger partial charge on any atom is -0.333 e. The predicted octanol–water partition coefficient (Wildman–Crippen LogP) is 5.48. The van der Waals surface area contributed by atoms with Gasteiger partial charge in [-0.3, -0.25) is 9.36 Å². The highest BCUT2D eigenvalue weighted by Crippen LogP contribution is 2.24. The van der Waals surface area contributed by atoms with Crippen molar-refractivity contribution < 1.29 is 4.79 Å². The Labute approximate surface area is 196 Å². The summed E-state index contributed by atoms with van der Waals surface area (Å²) in [5.74, 6) is 0.801. The van der Waals surface area contributed by atoms with Crippen LogP contribution in [0.2, 0.25) is 0 Å². The molecule has 0 bridgehead atoms. The molecule has 0 saturated carbocycles. The second kappa shape index (κ2) is 9.77. The number of urea groups is 1. The Kier molecular flexibility index (Phi) is 7.25.